The van der Waals surface area contributed by atoms with Gasteiger partial charge in [0.2, 0.25) is 11.8 Å². The van der Waals surface area contributed by atoms with E-state index in [0.29, 0.717) is 30.4 Å². The van der Waals surface area contributed by atoms with Crippen molar-refractivity contribution in [3.05, 3.63) is 42.2 Å². The summed E-state index contributed by atoms with van der Waals surface area (Å²) in [6.45, 7) is 1.41. The molecular weight excluding hydrogens is 427 g/mol. The van der Waals surface area contributed by atoms with E-state index in [1.807, 2.05) is 6.92 Å². The van der Waals surface area contributed by atoms with Gasteiger partial charge in [-0.25, -0.2) is 9.18 Å². The second kappa shape index (κ2) is 8.39. The highest BCUT2D eigenvalue weighted by molar-refractivity contribution is 6.09. The topological polar surface area (TPSA) is 92.8 Å². The first-order chi connectivity index (χ1) is 15.9. The fourth-order valence-electron chi connectivity index (χ4n) is 6.00. The molecule has 4 aliphatic carbocycles. The fraction of sp³-hybridized carbons (Fsp3) is 0.520. The number of carbonyl (C=O) groups excluding carboxylic acids is 4. The van der Waals surface area contributed by atoms with Gasteiger partial charge in [0.25, 0.3) is 5.91 Å². The molecule has 7 atom stereocenters. The van der Waals surface area contributed by atoms with Crippen LogP contribution in [0, 0.1) is 41.3 Å². The number of hydrogen-bond donors (Lipinski definition) is 1. The molecule has 2 bridgehead atoms. The van der Waals surface area contributed by atoms with Crippen LogP contribution in [0.15, 0.2) is 36.4 Å². The predicted octanol–water partition coefficient (Wildman–Crippen LogP) is 2.92. The van der Waals surface area contributed by atoms with Crippen molar-refractivity contribution >= 4 is 29.4 Å². The number of carbonyl (C=O) groups is 4. The Bertz CT molecular complexity index is 986. The second-order valence-electron chi connectivity index (χ2n) is 9.52. The number of likely N-dealkylation sites (tertiary alicyclic amines) is 1. The maximum atomic E-state index is 13.4. The van der Waals surface area contributed by atoms with Crippen LogP contribution in [0.5, 0.6) is 0 Å². The lowest BCUT2D eigenvalue weighted by atomic mass is 9.63. The minimum absolute atomic E-state index is 0.0794. The summed E-state index contributed by atoms with van der Waals surface area (Å²) in [4.78, 5) is 53.1. The van der Waals surface area contributed by atoms with Crippen molar-refractivity contribution in [3.8, 4) is 0 Å². The number of nitrogens with one attached hydrogen (secondary N) is 1. The van der Waals surface area contributed by atoms with Gasteiger partial charge < -0.3 is 10.1 Å². The Morgan fingerprint density at radius 1 is 1.09 bits per heavy atom. The zero-order valence-electron chi connectivity index (χ0n) is 18.4. The molecule has 3 fully saturated rings. The molecule has 0 spiro atoms. The minimum atomic E-state index is -1.02. The van der Waals surface area contributed by atoms with Gasteiger partial charge in [0, 0.05) is 5.69 Å². The third kappa shape index (κ3) is 3.75. The Balaban J connectivity index is 1.27. The quantitative estimate of drug-likeness (QED) is 0.370. The Kier molecular flexibility index (Phi) is 5.54. The summed E-state index contributed by atoms with van der Waals surface area (Å²) in [7, 11) is 0. The summed E-state index contributed by atoms with van der Waals surface area (Å²) in [5.41, 5.74) is 0.371. The zero-order valence-corrected chi connectivity index (χ0v) is 18.4. The number of halogens is 1. The molecule has 3 amide bonds. The third-order valence-corrected chi connectivity index (χ3v) is 7.59. The maximum absolute atomic E-state index is 13.4. The number of amides is 3. The normalized spacial score (nSPS) is 31.8. The minimum Gasteiger partial charge on any atom is -0.454 e. The zero-order chi connectivity index (χ0) is 23.3. The van der Waals surface area contributed by atoms with Gasteiger partial charge in [-0.05, 0) is 60.8 Å². The van der Waals surface area contributed by atoms with Crippen LogP contribution >= 0.6 is 0 Å². The summed E-state index contributed by atoms with van der Waals surface area (Å²) in [6, 6.07) is 4.19. The number of allylic oxidation sites excluding steroid dienone is 2. The fourth-order valence-corrected chi connectivity index (χ4v) is 6.00. The highest BCUT2D eigenvalue weighted by Gasteiger charge is 2.67. The molecule has 1 aliphatic heterocycles. The van der Waals surface area contributed by atoms with E-state index in [0.717, 1.165) is 17.7 Å². The first-order valence-electron chi connectivity index (χ1n) is 11.7. The number of imide groups is 1. The summed E-state index contributed by atoms with van der Waals surface area (Å²) in [6.07, 6.45) is 6.99. The summed E-state index contributed by atoms with van der Waals surface area (Å²) in [5.74, 6) is -1.95. The Morgan fingerprint density at radius 3 is 2.27 bits per heavy atom. The first kappa shape index (κ1) is 21.8. The molecule has 0 unspecified atom stereocenters. The standard InChI is InChI=1S/C25H27FN2O5/c1-2-3-4-19(25(32)33-12-20(29)27-14-7-5-13(26)6-8-14)28-23(30)21-15-9-10-16(18-11-17(15)18)22(21)24(28)31/h5-10,15-19,21-22H,2-4,11-12H2,1H3,(H,27,29)/t15-,16-,17-,18+,19+,21+,22+/m0/s1. The lowest BCUT2D eigenvalue weighted by Crippen LogP contribution is -2.47. The van der Waals surface area contributed by atoms with Gasteiger partial charge in [-0.3, -0.25) is 19.3 Å². The van der Waals surface area contributed by atoms with E-state index in [9.17, 15) is 23.6 Å². The van der Waals surface area contributed by atoms with E-state index in [1.54, 1.807) is 0 Å². The first-order valence-corrected chi connectivity index (χ1v) is 11.7. The molecule has 1 saturated heterocycles. The van der Waals surface area contributed by atoms with Crippen LogP contribution in [-0.4, -0.2) is 41.2 Å². The number of benzene rings is 1. The summed E-state index contributed by atoms with van der Waals surface area (Å²) < 4.78 is 18.3. The predicted molar refractivity (Wildman–Crippen MR) is 116 cm³/mol. The van der Waals surface area contributed by atoms with Crippen molar-refractivity contribution in [2.24, 2.45) is 35.5 Å². The number of unbranched alkanes of at least 4 members (excludes halogenated alkanes) is 1. The number of hydrogen-bond acceptors (Lipinski definition) is 5. The average molecular weight is 454 g/mol. The molecule has 1 aromatic rings. The molecule has 1 aromatic carbocycles. The van der Waals surface area contributed by atoms with Crippen LogP contribution in [0.2, 0.25) is 0 Å². The summed E-state index contributed by atoms with van der Waals surface area (Å²) in [5, 5.41) is 2.53. The molecule has 0 aromatic heterocycles. The number of anilines is 1. The highest BCUT2D eigenvalue weighted by Crippen LogP contribution is 2.65. The highest BCUT2D eigenvalue weighted by atomic mass is 19.1. The summed E-state index contributed by atoms with van der Waals surface area (Å²) >= 11 is 0. The van der Waals surface area contributed by atoms with Crippen molar-refractivity contribution in [1.82, 2.24) is 4.90 Å². The lowest BCUT2D eigenvalue weighted by molar-refractivity contribution is -0.160. The van der Waals surface area contributed by atoms with Gasteiger partial charge >= 0.3 is 5.97 Å². The van der Waals surface area contributed by atoms with Gasteiger partial charge in [-0.1, -0.05) is 31.9 Å². The molecule has 5 aliphatic rings. The van der Waals surface area contributed by atoms with E-state index < -0.39 is 30.3 Å². The number of ether oxygens (including phenoxy) is 1. The molecular formula is C25H27FN2O5. The monoisotopic (exact) mass is 454 g/mol. The molecule has 33 heavy (non-hydrogen) atoms. The van der Waals surface area contributed by atoms with Crippen LogP contribution in [0.25, 0.3) is 0 Å². The van der Waals surface area contributed by atoms with Crippen LogP contribution < -0.4 is 5.32 Å². The van der Waals surface area contributed by atoms with Gasteiger partial charge in [0.1, 0.15) is 11.9 Å². The van der Waals surface area contributed by atoms with E-state index in [1.165, 1.54) is 24.3 Å². The van der Waals surface area contributed by atoms with E-state index in [2.05, 4.69) is 17.5 Å². The second-order valence-corrected chi connectivity index (χ2v) is 9.52. The van der Waals surface area contributed by atoms with Crippen molar-refractivity contribution in [2.45, 2.75) is 38.6 Å². The molecule has 7 nitrogen and oxygen atoms in total. The van der Waals surface area contributed by atoms with Gasteiger partial charge in [-0.15, -0.1) is 0 Å². The Morgan fingerprint density at radius 2 is 1.70 bits per heavy atom. The van der Waals surface area contributed by atoms with Gasteiger partial charge in [0.15, 0.2) is 6.61 Å². The van der Waals surface area contributed by atoms with Crippen LogP contribution in [-0.2, 0) is 23.9 Å². The molecule has 8 heteroatoms. The van der Waals surface area contributed by atoms with Crippen molar-refractivity contribution < 1.29 is 28.3 Å². The van der Waals surface area contributed by atoms with Crippen LogP contribution in [0.4, 0.5) is 10.1 Å². The number of nitrogens with zero attached hydrogens (tertiary/aromatic N) is 1. The van der Waals surface area contributed by atoms with Gasteiger partial charge in [0.05, 0.1) is 11.8 Å². The molecule has 174 valence electrons. The van der Waals surface area contributed by atoms with Gasteiger partial charge in [-0.2, -0.15) is 0 Å². The molecule has 1 heterocycles. The molecule has 2 saturated carbocycles. The molecule has 6 rings (SSSR count). The Hall–Kier alpha value is -3.03. The van der Waals surface area contributed by atoms with E-state index in [-0.39, 0.29) is 35.5 Å². The number of esters is 1. The van der Waals surface area contributed by atoms with Crippen molar-refractivity contribution in [3.63, 3.8) is 0 Å². The molecule has 1 N–H and O–H groups in total. The van der Waals surface area contributed by atoms with Crippen molar-refractivity contribution in [1.29, 1.82) is 0 Å². The largest absolute Gasteiger partial charge is 0.454 e. The smallest absolute Gasteiger partial charge is 0.329 e. The molecule has 0 radical (unpaired) electrons. The SMILES string of the molecule is CCCC[C@H](C(=O)OCC(=O)Nc1ccc(F)cc1)N1C(=O)[C@@H]2[C@H]3C=C[C@@H]([C@@H]4C[C@H]34)[C@H]2C1=O. The van der Waals surface area contributed by atoms with Crippen molar-refractivity contribution in [2.75, 3.05) is 11.9 Å². The van der Waals surface area contributed by atoms with Crippen LogP contribution in [0.3, 0.4) is 0 Å². The van der Waals surface area contributed by atoms with Crippen LogP contribution in [0.1, 0.15) is 32.6 Å². The van der Waals surface area contributed by atoms with E-state index in [4.69, 9.17) is 4.74 Å². The van der Waals surface area contributed by atoms with E-state index >= 15 is 0 Å². The Labute approximate surface area is 191 Å². The average Bonchev–Trinajstić information content (AvgIpc) is 3.59. The third-order valence-electron chi connectivity index (χ3n) is 7.59. The lowest BCUT2D eigenvalue weighted by Gasteiger charge is -2.37. The number of rotatable bonds is 8. The maximum Gasteiger partial charge on any atom is 0.329 e.